The molecule has 1 saturated carbocycles. The number of rotatable bonds is 11. The van der Waals surface area contributed by atoms with Crippen LogP contribution in [0.1, 0.15) is 63.9 Å². The molecule has 0 unspecified atom stereocenters. The van der Waals surface area contributed by atoms with Crippen molar-refractivity contribution in [1.29, 1.82) is 0 Å². The number of amides is 2. The minimum atomic E-state index is -3.31. The number of sulfonamides is 1. The summed E-state index contributed by atoms with van der Waals surface area (Å²) in [6, 6.07) is 15.3. The van der Waals surface area contributed by atoms with Crippen molar-refractivity contribution in [3.05, 3.63) is 54.1 Å². The van der Waals surface area contributed by atoms with Crippen molar-refractivity contribution in [2.24, 2.45) is 0 Å². The Bertz CT molecular complexity index is 1170. The summed E-state index contributed by atoms with van der Waals surface area (Å²) in [6.07, 6.45) is 8.14. The van der Waals surface area contributed by atoms with Crippen molar-refractivity contribution in [1.82, 2.24) is 15.1 Å². The molecule has 1 aliphatic carbocycles. The van der Waals surface area contributed by atoms with Gasteiger partial charge < -0.3 is 20.1 Å². The predicted octanol–water partition coefficient (Wildman–Crippen LogP) is 4.93. The van der Waals surface area contributed by atoms with Crippen molar-refractivity contribution in [3.63, 3.8) is 0 Å². The van der Waals surface area contributed by atoms with Gasteiger partial charge in [-0.25, -0.2) is 13.2 Å². The highest BCUT2D eigenvalue weighted by Crippen LogP contribution is 2.25. The van der Waals surface area contributed by atoms with E-state index in [1.54, 1.807) is 24.3 Å². The summed E-state index contributed by atoms with van der Waals surface area (Å²) in [7, 11) is -3.31. The number of nitrogens with one attached hydrogen (secondary N) is 2. The highest BCUT2D eigenvalue weighted by molar-refractivity contribution is 7.92. The second-order valence-electron chi connectivity index (χ2n) is 11.2. The SMILES string of the molecule is CCCCN(C(=O)NC1CCC(O)CC1)C1CCN(Cc2ccc(Oc3ccc(NS(C)(=O)=O)cc3)cc2)CC1. The largest absolute Gasteiger partial charge is 0.457 e. The third kappa shape index (κ3) is 9.38. The van der Waals surface area contributed by atoms with Crippen LogP contribution in [0, 0.1) is 0 Å². The van der Waals surface area contributed by atoms with Gasteiger partial charge >= 0.3 is 6.03 Å². The van der Waals surface area contributed by atoms with Crippen LogP contribution in [-0.2, 0) is 16.6 Å². The van der Waals surface area contributed by atoms with E-state index in [2.05, 4.69) is 38.9 Å². The summed E-state index contributed by atoms with van der Waals surface area (Å²) in [5.74, 6) is 1.35. The van der Waals surface area contributed by atoms with E-state index in [0.717, 1.165) is 89.6 Å². The zero-order valence-electron chi connectivity index (χ0n) is 23.7. The van der Waals surface area contributed by atoms with Crippen molar-refractivity contribution in [3.8, 4) is 11.5 Å². The average molecular weight is 573 g/mol. The van der Waals surface area contributed by atoms with Crippen LogP contribution >= 0.6 is 0 Å². The summed E-state index contributed by atoms with van der Waals surface area (Å²) >= 11 is 0. The lowest BCUT2D eigenvalue weighted by molar-refractivity contribution is 0.101. The summed E-state index contributed by atoms with van der Waals surface area (Å²) in [6.45, 7) is 5.70. The third-order valence-electron chi connectivity index (χ3n) is 7.76. The van der Waals surface area contributed by atoms with Crippen LogP contribution in [0.25, 0.3) is 0 Å². The molecule has 1 saturated heterocycles. The molecular formula is C30H44N4O5S. The number of hydrogen-bond donors (Lipinski definition) is 3. The first-order chi connectivity index (χ1) is 19.2. The maximum absolute atomic E-state index is 13.2. The van der Waals surface area contributed by atoms with Crippen LogP contribution in [0.5, 0.6) is 11.5 Å². The molecule has 4 rings (SSSR count). The lowest BCUT2D eigenvalue weighted by Crippen LogP contribution is -2.53. The number of likely N-dealkylation sites (tertiary alicyclic amines) is 1. The Labute approximate surface area is 238 Å². The van der Waals surface area contributed by atoms with E-state index in [9.17, 15) is 18.3 Å². The van der Waals surface area contributed by atoms with Crippen LogP contribution in [0.15, 0.2) is 48.5 Å². The highest BCUT2D eigenvalue weighted by atomic mass is 32.2. The molecule has 1 heterocycles. The van der Waals surface area contributed by atoms with Crippen LogP contribution < -0.4 is 14.8 Å². The number of carbonyl (C=O) groups is 1. The molecule has 0 spiro atoms. The van der Waals surface area contributed by atoms with Gasteiger partial charge in [0.25, 0.3) is 0 Å². The lowest BCUT2D eigenvalue weighted by Gasteiger charge is -2.39. The van der Waals surface area contributed by atoms with Crippen molar-refractivity contribution >= 4 is 21.7 Å². The first kappa shape index (κ1) is 30.1. The van der Waals surface area contributed by atoms with Gasteiger partial charge in [-0.3, -0.25) is 9.62 Å². The second kappa shape index (κ2) is 14.2. The smallest absolute Gasteiger partial charge is 0.317 e. The number of anilines is 1. The fraction of sp³-hybridized carbons (Fsp3) is 0.567. The maximum atomic E-state index is 13.2. The molecule has 2 aromatic rings. The lowest BCUT2D eigenvalue weighted by atomic mass is 9.93. The molecule has 0 bridgehead atoms. The predicted molar refractivity (Wildman–Crippen MR) is 158 cm³/mol. The number of benzene rings is 2. The first-order valence-electron chi connectivity index (χ1n) is 14.5. The van der Waals surface area contributed by atoms with E-state index in [1.807, 2.05) is 12.1 Å². The second-order valence-corrected chi connectivity index (χ2v) is 12.9. The summed E-state index contributed by atoms with van der Waals surface area (Å²) < 4.78 is 31.1. The van der Waals surface area contributed by atoms with Crippen molar-refractivity contribution in [2.75, 3.05) is 30.6 Å². The zero-order chi connectivity index (χ0) is 28.5. The van der Waals surface area contributed by atoms with E-state index < -0.39 is 10.0 Å². The Morgan fingerprint density at radius 1 is 0.975 bits per heavy atom. The molecular weight excluding hydrogens is 528 g/mol. The first-order valence-corrected chi connectivity index (χ1v) is 16.4. The zero-order valence-corrected chi connectivity index (χ0v) is 24.5. The van der Waals surface area contributed by atoms with Crippen LogP contribution in [0.2, 0.25) is 0 Å². The van der Waals surface area contributed by atoms with E-state index in [-0.39, 0.29) is 24.2 Å². The molecule has 220 valence electrons. The van der Waals surface area contributed by atoms with E-state index in [4.69, 9.17) is 4.74 Å². The Morgan fingerprint density at radius 3 is 2.15 bits per heavy atom. The number of aliphatic hydroxyl groups is 1. The topological polar surface area (TPSA) is 111 Å². The Kier molecular flexibility index (Phi) is 10.7. The van der Waals surface area contributed by atoms with Gasteiger partial charge in [-0.2, -0.15) is 0 Å². The quantitative estimate of drug-likeness (QED) is 0.352. The van der Waals surface area contributed by atoms with Crippen molar-refractivity contribution < 1.29 is 23.1 Å². The number of unbranched alkanes of at least 4 members (excludes halogenated alkanes) is 1. The van der Waals surface area contributed by atoms with Gasteiger partial charge in [-0.1, -0.05) is 25.5 Å². The van der Waals surface area contributed by atoms with E-state index in [0.29, 0.717) is 11.4 Å². The summed E-state index contributed by atoms with van der Waals surface area (Å²) in [4.78, 5) is 17.7. The molecule has 2 aromatic carbocycles. The molecule has 1 aliphatic heterocycles. The molecule has 0 aromatic heterocycles. The number of hydrogen-bond acceptors (Lipinski definition) is 6. The van der Waals surface area contributed by atoms with Crippen LogP contribution in [0.3, 0.4) is 0 Å². The highest BCUT2D eigenvalue weighted by Gasteiger charge is 2.29. The molecule has 3 N–H and O–H groups in total. The Balaban J connectivity index is 1.25. The fourth-order valence-electron chi connectivity index (χ4n) is 5.51. The average Bonchev–Trinajstić information content (AvgIpc) is 2.92. The molecule has 0 radical (unpaired) electrons. The molecule has 2 amide bonds. The molecule has 0 atom stereocenters. The summed E-state index contributed by atoms with van der Waals surface area (Å²) in [5.41, 5.74) is 1.70. The van der Waals surface area contributed by atoms with Gasteiger partial charge in [0, 0.05) is 44.0 Å². The number of ether oxygens (including phenoxy) is 1. The minimum Gasteiger partial charge on any atom is -0.457 e. The molecule has 40 heavy (non-hydrogen) atoms. The molecule has 10 heteroatoms. The maximum Gasteiger partial charge on any atom is 0.317 e. The fourth-order valence-corrected chi connectivity index (χ4v) is 6.07. The van der Waals surface area contributed by atoms with Crippen LogP contribution in [0.4, 0.5) is 10.5 Å². The number of piperidine rings is 1. The Morgan fingerprint density at radius 2 is 1.57 bits per heavy atom. The third-order valence-corrected chi connectivity index (χ3v) is 8.36. The van der Waals surface area contributed by atoms with Gasteiger partial charge in [0.1, 0.15) is 11.5 Å². The minimum absolute atomic E-state index is 0.0604. The molecule has 9 nitrogen and oxygen atoms in total. The van der Waals surface area contributed by atoms with E-state index >= 15 is 0 Å². The molecule has 2 fully saturated rings. The standard InChI is InChI=1S/C30H44N4O5S/c1-3-4-19-34(30(36)31-24-7-11-27(35)12-8-24)26-17-20-33(21-18-26)22-23-5-13-28(14-6-23)39-29-15-9-25(10-16-29)32-40(2,37)38/h5-6,9-10,13-16,24,26-27,32,35H,3-4,7-8,11-12,17-22H2,1-2H3,(H,31,36). The van der Waals surface area contributed by atoms with Gasteiger partial charge in [-0.05, 0) is 86.9 Å². The number of carbonyl (C=O) groups excluding carboxylic acids is 1. The van der Waals surface area contributed by atoms with Gasteiger partial charge in [0.15, 0.2) is 0 Å². The van der Waals surface area contributed by atoms with Crippen molar-refractivity contribution in [2.45, 2.75) is 83.0 Å². The van der Waals surface area contributed by atoms with Gasteiger partial charge in [0.2, 0.25) is 10.0 Å². The van der Waals surface area contributed by atoms with Gasteiger partial charge in [-0.15, -0.1) is 0 Å². The monoisotopic (exact) mass is 572 g/mol. The van der Waals surface area contributed by atoms with Gasteiger partial charge in [0.05, 0.1) is 12.4 Å². The number of aliphatic hydroxyl groups excluding tert-OH is 1. The molecule has 2 aliphatic rings. The Hall–Kier alpha value is -2.82. The van der Waals surface area contributed by atoms with E-state index in [1.165, 1.54) is 5.56 Å². The number of urea groups is 1. The normalized spacial score (nSPS) is 20.6. The number of nitrogens with zero attached hydrogens (tertiary/aromatic N) is 2. The van der Waals surface area contributed by atoms with Crippen LogP contribution in [-0.4, -0.2) is 73.4 Å². The summed E-state index contributed by atoms with van der Waals surface area (Å²) in [5, 5.41) is 13.0.